The second kappa shape index (κ2) is 9.79. The molecule has 1 N–H and O–H groups in total. The molecule has 3 atom stereocenters. The number of terminal acetylenes is 1. The van der Waals surface area contributed by atoms with Crippen LogP contribution in [0.4, 0.5) is 0 Å². The fourth-order valence-electron chi connectivity index (χ4n) is 2.30. The first-order valence-electron chi connectivity index (χ1n) is 10.1. The molecule has 0 aliphatic rings. The van der Waals surface area contributed by atoms with Crippen LogP contribution in [0.5, 0.6) is 0 Å². The zero-order chi connectivity index (χ0) is 23.5. The zero-order valence-corrected chi connectivity index (χ0v) is 23.2. The minimum atomic E-state index is -3.52. The van der Waals surface area contributed by atoms with Crippen LogP contribution in [0.1, 0.15) is 48.0 Å². The zero-order valence-electron chi connectivity index (χ0n) is 20.3. The summed E-state index contributed by atoms with van der Waals surface area (Å²) < 4.78 is 40.3. The number of rotatable bonds is 10. The summed E-state index contributed by atoms with van der Waals surface area (Å²) >= 11 is 0. The average molecular weight is 462 g/mol. The molecule has 170 valence electrons. The summed E-state index contributed by atoms with van der Waals surface area (Å²) in [5, 5.41) is -0.0781. The number of sulfonamides is 1. The third-order valence-corrected chi connectivity index (χ3v) is 15.8. The Morgan fingerprint density at radius 2 is 1.45 bits per heavy atom. The lowest BCUT2D eigenvalue weighted by molar-refractivity contribution is 0.0850. The summed E-state index contributed by atoms with van der Waals surface area (Å²) in [6.45, 7) is 25.3. The summed E-state index contributed by atoms with van der Waals surface area (Å²) in [5.41, 5.74) is 0. The van der Waals surface area contributed by atoms with Gasteiger partial charge in [-0.25, -0.2) is 13.1 Å². The van der Waals surface area contributed by atoms with Crippen molar-refractivity contribution in [1.82, 2.24) is 4.72 Å². The van der Waals surface area contributed by atoms with Gasteiger partial charge in [-0.2, -0.15) is 0 Å². The maximum absolute atomic E-state index is 12.2. The van der Waals surface area contributed by atoms with E-state index in [2.05, 4.69) is 85.0 Å². The molecule has 0 rings (SSSR count). The molecule has 0 amide bonds. The maximum Gasteiger partial charge on any atom is 0.209 e. The van der Waals surface area contributed by atoms with E-state index in [0.717, 1.165) is 6.26 Å². The molecule has 0 saturated carbocycles. The van der Waals surface area contributed by atoms with E-state index in [1.165, 1.54) is 0 Å². The fourth-order valence-corrected chi connectivity index (χ4v) is 5.70. The van der Waals surface area contributed by atoms with Crippen LogP contribution in [0.2, 0.25) is 36.3 Å². The van der Waals surface area contributed by atoms with Gasteiger partial charge in [-0.3, -0.25) is 0 Å². The molecule has 0 radical (unpaired) electrons. The van der Waals surface area contributed by atoms with Crippen molar-refractivity contribution in [2.45, 2.75) is 102 Å². The molecule has 0 aliphatic heterocycles. The molecule has 0 unspecified atom stereocenters. The first kappa shape index (κ1) is 28.6. The lowest BCUT2D eigenvalue weighted by Gasteiger charge is -2.45. The Kier molecular flexibility index (Phi) is 9.65. The Morgan fingerprint density at radius 1 is 1.03 bits per heavy atom. The van der Waals surface area contributed by atoms with Gasteiger partial charge < -0.3 is 8.85 Å². The van der Waals surface area contributed by atoms with Crippen LogP contribution < -0.4 is 4.72 Å². The van der Waals surface area contributed by atoms with Gasteiger partial charge in [-0.1, -0.05) is 47.6 Å². The molecule has 0 fully saturated rings. The van der Waals surface area contributed by atoms with Crippen molar-refractivity contribution in [3.8, 4) is 12.3 Å². The Balaban J connectivity index is 6.21. The summed E-state index contributed by atoms with van der Waals surface area (Å²) in [7, 11) is -7.92. The van der Waals surface area contributed by atoms with Crippen LogP contribution in [0.15, 0.2) is 12.7 Å². The minimum absolute atomic E-state index is 0.0359. The molecule has 0 aromatic rings. The lowest BCUT2D eigenvalue weighted by Crippen LogP contribution is -2.58. The second-order valence-corrected chi connectivity index (χ2v) is 22.1. The maximum atomic E-state index is 12.2. The predicted octanol–water partition coefficient (Wildman–Crippen LogP) is 4.89. The molecule has 5 nitrogen and oxygen atoms in total. The number of hydrogen-bond donors (Lipinski definition) is 1. The monoisotopic (exact) mass is 461 g/mol. The molecule has 0 spiro atoms. The van der Waals surface area contributed by atoms with Crippen molar-refractivity contribution >= 4 is 26.7 Å². The van der Waals surface area contributed by atoms with Crippen molar-refractivity contribution in [2.75, 3.05) is 6.26 Å². The lowest BCUT2D eigenvalue weighted by atomic mass is 10.0. The van der Waals surface area contributed by atoms with Crippen LogP contribution in [0, 0.1) is 12.3 Å². The molecule has 0 saturated heterocycles. The van der Waals surface area contributed by atoms with Gasteiger partial charge in [0.15, 0.2) is 16.6 Å². The Bertz CT molecular complexity index is 698. The van der Waals surface area contributed by atoms with Crippen molar-refractivity contribution in [1.29, 1.82) is 0 Å². The third kappa shape index (κ3) is 8.68. The van der Waals surface area contributed by atoms with Crippen LogP contribution in [0.3, 0.4) is 0 Å². The first-order valence-corrected chi connectivity index (χ1v) is 17.8. The van der Waals surface area contributed by atoms with Crippen LogP contribution in [-0.4, -0.2) is 49.6 Å². The van der Waals surface area contributed by atoms with E-state index in [9.17, 15) is 8.42 Å². The van der Waals surface area contributed by atoms with Gasteiger partial charge in [0.2, 0.25) is 10.0 Å². The molecule has 0 heterocycles. The molecular formula is C21H43NO4SSi2. The van der Waals surface area contributed by atoms with E-state index in [0.29, 0.717) is 0 Å². The molecular weight excluding hydrogens is 418 g/mol. The highest BCUT2D eigenvalue weighted by Gasteiger charge is 2.45. The summed E-state index contributed by atoms with van der Waals surface area (Å²) in [5.74, 6) is 2.66. The van der Waals surface area contributed by atoms with E-state index in [-0.39, 0.29) is 16.5 Å². The van der Waals surface area contributed by atoms with Crippen LogP contribution in [0.25, 0.3) is 0 Å². The highest BCUT2D eigenvalue weighted by atomic mass is 32.2. The predicted molar refractivity (Wildman–Crippen MR) is 130 cm³/mol. The Hall–Kier alpha value is -0.436. The van der Waals surface area contributed by atoms with Gasteiger partial charge in [0, 0.05) is 6.42 Å². The van der Waals surface area contributed by atoms with E-state index >= 15 is 0 Å². The summed E-state index contributed by atoms with van der Waals surface area (Å²) in [6, 6.07) is -0.651. The van der Waals surface area contributed by atoms with E-state index in [4.69, 9.17) is 15.3 Å². The van der Waals surface area contributed by atoms with Gasteiger partial charge in [0.05, 0.1) is 24.5 Å². The average Bonchev–Trinajstić information content (AvgIpc) is 2.46. The molecule has 0 aliphatic carbocycles. The van der Waals surface area contributed by atoms with Gasteiger partial charge in [0.25, 0.3) is 0 Å². The summed E-state index contributed by atoms with van der Waals surface area (Å²) in [6.07, 6.45) is 7.68. The van der Waals surface area contributed by atoms with Gasteiger partial charge in [-0.15, -0.1) is 18.9 Å². The van der Waals surface area contributed by atoms with Crippen molar-refractivity contribution in [2.24, 2.45) is 0 Å². The number of nitrogens with one attached hydrogen (secondary N) is 1. The Morgan fingerprint density at radius 3 is 1.76 bits per heavy atom. The van der Waals surface area contributed by atoms with Crippen molar-refractivity contribution in [3.05, 3.63) is 12.7 Å². The van der Waals surface area contributed by atoms with Crippen molar-refractivity contribution < 1.29 is 17.3 Å². The highest BCUT2D eigenvalue weighted by Crippen LogP contribution is 2.40. The van der Waals surface area contributed by atoms with Gasteiger partial charge in [-0.05, 0) is 36.3 Å². The first-order chi connectivity index (χ1) is 12.7. The van der Waals surface area contributed by atoms with Crippen LogP contribution in [-0.2, 0) is 18.9 Å². The normalized spacial score (nSPS) is 17.3. The Labute approximate surface area is 182 Å². The standard InChI is InChI=1S/C21H43NO4SSi2/c1-14-16-18(26-29(12,13)21(6,7)8)19(22-27(9,23)24)17(15-2)25-28(10,11)20(3,4)5/h1,15,17-19,22H,2,16H2,3-13H3/t17-,18-,19+/m1/s1. The van der Waals surface area contributed by atoms with E-state index in [1.54, 1.807) is 6.08 Å². The van der Waals surface area contributed by atoms with E-state index < -0.39 is 44.9 Å². The topological polar surface area (TPSA) is 64.6 Å². The van der Waals surface area contributed by atoms with Gasteiger partial charge >= 0.3 is 0 Å². The molecule has 8 heteroatoms. The minimum Gasteiger partial charge on any atom is -0.411 e. The number of hydrogen-bond acceptors (Lipinski definition) is 4. The largest absolute Gasteiger partial charge is 0.411 e. The second-order valence-electron chi connectivity index (χ2n) is 10.8. The van der Waals surface area contributed by atoms with E-state index in [1.807, 2.05) is 0 Å². The van der Waals surface area contributed by atoms with Gasteiger partial charge in [0.1, 0.15) is 0 Å². The van der Waals surface area contributed by atoms with Crippen molar-refractivity contribution in [3.63, 3.8) is 0 Å². The SMILES string of the molecule is C#CC[C@@H](O[Si](C)(C)C(C)(C)C)[C@@H](NS(C)(=O)=O)[C@@H](C=C)O[Si](C)(C)C(C)(C)C. The summed E-state index contributed by atoms with van der Waals surface area (Å²) in [4.78, 5) is 0. The smallest absolute Gasteiger partial charge is 0.209 e. The fraction of sp³-hybridized carbons (Fsp3) is 0.810. The molecule has 0 aromatic carbocycles. The molecule has 29 heavy (non-hydrogen) atoms. The quantitative estimate of drug-likeness (QED) is 0.286. The molecule has 0 aromatic heterocycles. The third-order valence-electron chi connectivity index (χ3n) is 6.15. The van der Waals surface area contributed by atoms with Crippen LogP contribution >= 0.6 is 0 Å². The highest BCUT2D eigenvalue weighted by molar-refractivity contribution is 7.88. The molecule has 0 bridgehead atoms.